The second-order valence-corrected chi connectivity index (χ2v) is 5.33. The van der Waals surface area contributed by atoms with Gasteiger partial charge in [0.25, 0.3) is 0 Å². The summed E-state index contributed by atoms with van der Waals surface area (Å²) in [7, 11) is 0. The molecule has 1 aliphatic heterocycles. The van der Waals surface area contributed by atoms with Gasteiger partial charge in [-0.2, -0.15) is 0 Å². The van der Waals surface area contributed by atoms with Gasteiger partial charge in [-0.3, -0.25) is 0 Å². The van der Waals surface area contributed by atoms with Crippen molar-refractivity contribution in [2.75, 3.05) is 26.2 Å². The average Bonchev–Trinajstić information content (AvgIpc) is 2.64. The Morgan fingerprint density at radius 2 is 1.00 bits per heavy atom. The molecule has 26 heavy (non-hydrogen) atoms. The smallest absolute Gasteiger partial charge is 0.335 e. The van der Waals surface area contributed by atoms with E-state index in [9.17, 15) is 19.8 Å². The lowest BCUT2D eigenvalue weighted by Gasteiger charge is -2.07. The SMILES string of the molecule is C1C[NH2+]CC[NH2+]1.O=C(O)c1ccccc1[O-].O=C(O)c1ccccc1[O-]. The first kappa shape index (κ1) is 20.9. The first-order valence-electron chi connectivity index (χ1n) is 8.05. The van der Waals surface area contributed by atoms with E-state index in [0.717, 1.165) is 0 Å². The maximum Gasteiger partial charge on any atom is 0.335 e. The van der Waals surface area contributed by atoms with Crippen molar-refractivity contribution in [3.63, 3.8) is 0 Å². The number of piperazine rings is 1. The van der Waals surface area contributed by atoms with Crippen molar-refractivity contribution in [1.29, 1.82) is 0 Å². The number of carbonyl (C=O) groups is 2. The molecular formula is C18H22N2O6. The van der Waals surface area contributed by atoms with Crippen molar-refractivity contribution in [1.82, 2.24) is 0 Å². The zero-order valence-electron chi connectivity index (χ0n) is 14.1. The Kier molecular flexibility index (Phi) is 9.23. The predicted octanol–water partition coefficient (Wildman–Crippen LogP) is -1.96. The Labute approximate surface area is 150 Å². The number of para-hydroxylation sites is 2. The number of carboxylic acids is 2. The van der Waals surface area contributed by atoms with Gasteiger partial charge in [-0.05, 0) is 12.1 Å². The third-order valence-corrected chi connectivity index (χ3v) is 3.38. The van der Waals surface area contributed by atoms with Crippen molar-refractivity contribution in [2.24, 2.45) is 0 Å². The van der Waals surface area contributed by atoms with Crippen LogP contribution in [0.2, 0.25) is 0 Å². The van der Waals surface area contributed by atoms with Gasteiger partial charge in [-0.25, -0.2) is 9.59 Å². The number of carboxylic acid groups (broad SMARTS) is 2. The molecule has 6 N–H and O–H groups in total. The van der Waals surface area contributed by atoms with E-state index in [2.05, 4.69) is 10.6 Å². The summed E-state index contributed by atoms with van der Waals surface area (Å²) in [5.74, 6) is -3.25. The van der Waals surface area contributed by atoms with E-state index < -0.39 is 23.4 Å². The summed E-state index contributed by atoms with van der Waals surface area (Å²) in [4.78, 5) is 20.4. The average molecular weight is 362 g/mol. The quantitative estimate of drug-likeness (QED) is 0.486. The Hall–Kier alpha value is -3.10. The summed E-state index contributed by atoms with van der Waals surface area (Å²) >= 11 is 0. The van der Waals surface area contributed by atoms with Crippen LogP contribution in [0.1, 0.15) is 20.7 Å². The molecule has 8 heteroatoms. The largest absolute Gasteiger partial charge is 0.872 e. The molecule has 0 aliphatic carbocycles. The summed E-state index contributed by atoms with van der Waals surface area (Å²) in [5, 5.41) is 42.8. The van der Waals surface area contributed by atoms with Crippen LogP contribution in [0.25, 0.3) is 0 Å². The molecule has 0 bridgehead atoms. The highest BCUT2D eigenvalue weighted by molar-refractivity contribution is 5.90. The van der Waals surface area contributed by atoms with E-state index in [1.54, 1.807) is 0 Å². The Morgan fingerprint density at radius 3 is 1.19 bits per heavy atom. The maximum absolute atomic E-state index is 10.7. The predicted molar refractivity (Wildman–Crippen MR) is 89.0 cm³/mol. The highest BCUT2D eigenvalue weighted by atomic mass is 16.4. The summed E-state index contributed by atoms with van der Waals surface area (Å²) < 4.78 is 0. The lowest BCUT2D eigenvalue weighted by Crippen LogP contribution is -3.04. The Bertz CT molecular complexity index is 649. The lowest BCUT2D eigenvalue weighted by molar-refractivity contribution is -0.787. The van der Waals surface area contributed by atoms with Crippen LogP contribution in [-0.2, 0) is 0 Å². The molecule has 140 valence electrons. The summed E-state index contributed by atoms with van der Waals surface area (Å²) in [6.07, 6.45) is 0. The van der Waals surface area contributed by atoms with Gasteiger partial charge >= 0.3 is 11.9 Å². The van der Waals surface area contributed by atoms with Crippen molar-refractivity contribution < 1.29 is 40.6 Å². The van der Waals surface area contributed by atoms with Crippen molar-refractivity contribution in [3.05, 3.63) is 59.7 Å². The van der Waals surface area contributed by atoms with Crippen LogP contribution in [0, 0.1) is 0 Å². The molecule has 1 heterocycles. The van der Waals surface area contributed by atoms with E-state index in [1.807, 2.05) is 0 Å². The van der Waals surface area contributed by atoms with E-state index >= 15 is 0 Å². The first-order chi connectivity index (χ1) is 12.4. The van der Waals surface area contributed by atoms with E-state index in [0.29, 0.717) is 0 Å². The maximum atomic E-state index is 10.7. The first-order valence-corrected chi connectivity index (χ1v) is 8.05. The minimum Gasteiger partial charge on any atom is -0.872 e. The zero-order valence-corrected chi connectivity index (χ0v) is 14.1. The second kappa shape index (κ2) is 11.5. The molecule has 3 rings (SSSR count). The number of quaternary nitrogens is 2. The Morgan fingerprint density at radius 1 is 0.692 bits per heavy atom. The minimum atomic E-state index is -1.18. The molecule has 0 aromatic heterocycles. The van der Waals surface area contributed by atoms with Crippen molar-refractivity contribution >= 4 is 11.9 Å². The fraction of sp³-hybridized carbons (Fsp3) is 0.222. The molecule has 2 aromatic carbocycles. The number of hydrogen-bond acceptors (Lipinski definition) is 4. The highest BCUT2D eigenvalue weighted by Gasteiger charge is 2.01. The van der Waals surface area contributed by atoms with E-state index in [1.165, 1.54) is 74.7 Å². The highest BCUT2D eigenvalue weighted by Crippen LogP contribution is 2.11. The minimum absolute atomic E-state index is 0.178. The molecule has 2 aromatic rings. The standard InChI is InChI=1S/2C7H6O3.C4H10N2/c2*8-6-4-2-1-3-5(6)7(9)10;1-2-6-4-3-5-1/h2*1-4,8H,(H,9,10);5-6H,1-4H2. The normalized spacial score (nSPS) is 12.6. The van der Waals surface area contributed by atoms with Crippen LogP contribution in [0.5, 0.6) is 11.5 Å². The van der Waals surface area contributed by atoms with Crippen molar-refractivity contribution in [3.8, 4) is 11.5 Å². The topological polar surface area (TPSA) is 154 Å². The molecule has 0 radical (unpaired) electrons. The number of nitrogens with two attached hydrogens (primary N) is 2. The molecule has 1 aliphatic rings. The molecule has 0 saturated carbocycles. The summed E-state index contributed by atoms with van der Waals surface area (Å²) in [6.45, 7) is 5.28. The van der Waals surface area contributed by atoms with E-state index in [-0.39, 0.29) is 11.1 Å². The lowest BCUT2D eigenvalue weighted by atomic mass is 10.2. The second-order valence-electron chi connectivity index (χ2n) is 5.33. The van der Waals surface area contributed by atoms with Gasteiger partial charge in [0, 0.05) is 0 Å². The van der Waals surface area contributed by atoms with Crippen LogP contribution >= 0.6 is 0 Å². The number of benzene rings is 2. The third kappa shape index (κ3) is 7.65. The number of aromatic carboxylic acids is 2. The van der Waals surface area contributed by atoms with Crippen LogP contribution in [0.4, 0.5) is 0 Å². The summed E-state index contributed by atoms with van der Waals surface area (Å²) in [5.41, 5.74) is -0.356. The zero-order chi connectivity index (χ0) is 19.4. The summed E-state index contributed by atoms with van der Waals surface area (Å²) in [6, 6.07) is 11.1. The van der Waals surface area contributed by atoms with E-state index in [4.69, 9.17) is 10.2 Å². The van der Waals surface area contributed by atoms with Crippen LogP contribution in [0.15, 0.2) is 48.5 Å². The van der Waals surface area contributed by atoms with Crippen molar-refractivity contribution in [2.45, 2.75) is 0 Å². The van der Waals surface area contributed by atoms with Gasteiger partial charge in [0.15, 0.2) is 0 Å². The number of hydrogen-bond donors (Lipinski definition) is 4. The fourth-order valence-corrected chi connectivity index (χ4v) is 2.05. The molecule has 0 atom stereocenters. The molecule has 8 nitrogen and oxygen atoms in total. The van der Waals surface area contributed by atoms with Gasteiger partial charge in [0.1, 0.15) is 26.2 Å². The molecule has 1 fully saturated rings. The van der Waals surface area contributed by atoms with Crippen LogP contribution < -0.4 is 20.8 Å². The number of rotatable bonds is 2. The Balaban J connectivity index is 0.000000201. The van der Waals surface area contributed by atoms with Gasteiger partial charge in [0.05, 0.1) is 11.1 Å². The monoisotopic (exact) mass is 362 g/mol. The molecular weight excluding hydrogens is 340 g/mol. The fourth-order valence-electron chi connectivity index (χ4n) is 2.05. The molecule has 0 unspecified atom stereocenters. The van der Waals surface area contributed by atoms with Crippen LogP contribution in [-0.4, -0.2) is 48.3 Å². The molecule has 1 saturated heterocycles. The van der Waals surface area contributed by atoms with Crippen LogP contribution in [0.3, 0.4) is 0 Å². The van der Waals surface area contributed by atoms with Gasteiger partial charge < -0.3 is 31.1 Å². The van der Waals surface area contributed by atoms with Gasteiger partial charge in [-0.1, -0.05) is 47.9 Å². The van der Waals surface area contributed by atoms with Gasteiger partial charge in [-0.15, -0.1) is 0 Å². The molecule has 0 amide bonds. The molecule has 0 spiro atoms. The third-order valence-electron chi connectivity index (χ3n) is 3.38. The van der Waals surface area contributed by atoms with Gasteiger partial charge in [0.2, 0.25) is 0 Å².